The van der Waals surface area contributed by atoms with E-state index in [-0.39, 0.29) is 11.4 Å². The Balaban J connectivity index is 1.74. The minimum atomic E-state index is -0.384. The summed E-state index contributed by atoms with van der Waals surface area (Å²) >= 11 is 1.57. The van der Waals surface area contributed by atoms with Crippen LogP contribution >= 0.6 is 11.8 Å². The van der Waals surface area contributed by atoms with Crippen LogP contribution in [0.2, 0.25) is 0 Å². The molecular formula is C19H25N5O3S. The average molecular weight is 404 g/mol. The highest BCUT2D eigenvalue weighted by molar-refractivity contribution is 8.13. The molecule has 3 N–H and O–H groups in total. The minimum Gasteiger partial charge on any atom is -0.474 e. The van der Waals surface area contributed by atoms with Gasteiger partial charge >= 0.3 is 0 Å². The zero-order valence-electron chi connectivity index (χ0n) is 16.3. The number of carbonyl (C=O) groups excluding carboxylic acids is 1. The lowest BCUT2D eigenvalue weighted by Gasteiger charge is -2.30. The first-order chi connectivity index (χ1) is 13.4. The van der Waals surface area contributed by atoms with Crippen LogP contribution in [0.5, 0.6) is 5.88 Å². The van der Waals surface area contributed by atoms with Crippen LogP contribution in [0.1, 0.15) is 29.4 Å². The Morgan fingerprint density at radius 3 is 2.96 bits per heavy atom. The molecule has 0 unspecified atom stereocenters. The van der Waals surface area contributed by atoms with Crippen molar-refractivity contribution in [2.45, 2.75) is 18.9 Å². The Labute approximate surface area is 168 Å². The number of anilines is 1. The second-order valence-corrected chi connectivity index (χ2v) is 7.81. The van der Waals surface area contributed by atoms with Gasteiger partial charge in [0.05, 0.1) is 12.1 Å². The number of aryl methyl sites for hydroxylation is 1. The van der Waals surface area contributed by atoms with E-state index in [1.807, 2.05) is 24.3 Å². The molecule has 2 aromatic rings. The average Bonchev–Trinajstić information content (AvgIpc) is 3.03. The van der Waals surface area contributed by atoms with Crippen LogP contribution in [-0.2, 0) is 17.3 Å². The number of nitrogens with two attached hydrogens (primary N) is 1. The van der Waals surface area contributed by atoms with Crippen LogP contribution in [0, 0.1) is 0 Å². The smallest absolute Gasteiger partial charge is 0.274 e. The van der Waals surface area contributed by atoms with Crippen LogP contribution in [0.25, 0.3) is 0 Å². The van der Waals surface area contributed by atoms with Gasteiger partial charge in [-0.3, -0.25) is 14.5 Å². The predicted molar refractivity (Wildman–Crippen MR) is 111 cm³/mol. The van der Waals surface area contributed by atoms with Gasteiger partial charge < -0.3 is 20.5 Å². The summed E-state index contributed by atoms with van der Waals surface area (Å²) in [6, 6.07) is 9.32. The molecule has 0 saturated carbocycles. The molecule has 1 atom stereocenters. The first kappa shape index (κ1) is 20.2. The van der Waals surface area contributed by atoms with Crippen molar-refractivity contribution in [2.24, 2.45) is 17.8 Å². The number of hydrogen-bond acceptors (Lipinski definition) is 7. The Bertz CT molecular complexity index is 882. The number of nitrogens with zero attached hydrogens (tertiary/aromatic N) is 3. The molecule has 0 spiro atoms. The molecular weight excluding hydrogens is 378 g/mol. The van der Waals surface area contributed by atoms with E-state index in [2.05, 4.69) is 22.3 Å². The third-order valence-electron chi connectivity index (χ3n) is 4.57. The fourth-order valence-corrected chi connectivity index (χ4v) is 3.95. The molecule has 3 rings (SSSR count). The Morgan fingerprint density at radius 2 is 2.21 bits per heavy atom. The first-order valence-electron chi connectivity index (χ1n) is 8.97. The van der Waals surface area contributed by atoms with E-state index in [0.717, 1.165) is 17.7 Å². The highest BCUT2D eigenvalue weighted by Gasteiger charge is 2.29. The Hall–Kier alpha value is -2.52. The molecule has 1 aromatic heterocycles. The number of ether oxygens (including phenoxy) is 2. The van der Waals surface area contributed by atoms with Crippen molar-refractivity contribution in [3.8, 4) is 5.88 Å². The molecule has 150 valence electrons. The maximum atomic E-state index is 12.7. The number of aromatic nitrogens is 2. The van der Waals surface area contributed by atoms with Crippen LogP contribution in [0.3, 0.4) is 0 Å². The standard InChI is InChI=1S/C19H25N5O3S/c1-19(7-10-28-18(20)22-19)13-5-4-6-14(11-13)21-17(25)15-12-16(23-24(15)2)27-9-8-26-3/h4-6,11-12H,7-10H2,1-3H3,(H2,20,22)(H,21,25)/t19-/m0/s1. The SMILES string of the molecule is COCCOc1cc(C(=O)Nc2cccc([C@]3(C)CCSC(N)=N3)c2)n(C)n1. The van der Waals surface area contributed by atoms with Crippen LogP contribution in [0.4, 0.5) is 5.69 Å². The number of hydrogen-bond donors (Lipinski definition) is 2. The maximum Gasteiger partial charge on any atom is 0.274 e. The monoisotopic (exact) mass is 403 g/mol. The second-order valence-electron chi connectivity index (χ2n) is 6.69. The van der Waals surface area contributed by atoms with Gasteiger partial charge in [-0.2, -0.15) is 0 Å². The summed E-state index contributed by atoms with van der Waals surface area (Å²) in [6.45, 7) is 2.89. The highest BCUT2D eigenvalue weighted by atomic mass is 32.2. The van der Waals surface area contributed by atoms with Crippen LogP contribution < -0.4 is 15.8 Å². The lowest BCUT2D eigenvalue weighted by atomic mass is 9.89. The highest BCUT2D eigenvalue weighted by Crippen LogP contribution is 2.35. The van der Waals surface area contributed by atoms with E-state index >= 15 is 0 Å². The summed E-state index contributed by atoms with van der Waals surface area (Å²) in [6.07, 6.45) is 0.889. The van der Waals surface area contributed by atoms with Crippen molar-refractivity contribution >= 4 is 28.5 Å². The zero-order valence-corrected chi connectivity index (χ0v) is 17.1. The molecule has 1 aromatic carbocycles. The van der Waals surface area contributed by atoms with Crippen LogP contribution in [0.15, 0.2) is 35.3 Å². The third kappa shape index (κ3) is 4.66. The number of methoxy groups -OCH3 is 1. The van der Waals surface area contributed by atoms with Crippen molar-refractivity contribution in [1.29, 1.82) is 0 Å². The van der Waals surface area contributed by atoms with Gasteiger partial charge in [-0.1, -0.05) is 23.9 Å². The van der Waals surface area contributed by atoms with Gasteiger partial charge in [0.25, 0.3) is 5.91 Å². The van der Waals surface area contributed by atoms with Crippen molar-refractivity contribution < 1.29 is 14.3 Å². The van der Waals surface area contributed by atoms with Crippen molar-refractivity contribution in [3.05, 3.63) is 41.6 Å². The molecule has 8 nitrogen and oxygen atoms in total. The normalized spacial score (nSPS) is 19.2. The largest absolute Gasteiger partial charge is 0.474 e. The van der Waals surface area contributed by atoms with Crippen molar-refractivity contribution in [1.82, 2.24) is 9.78 Å². The zero-order chi connectivity index (χ0) is 20.1. The molecule has 0 bridgehead atoms. The van der Waals surface area contributed by atoms with Gasteiger partial charge in [0.15, 0.2) is 5.17 Å². The van der Waals surface area contributed by atoms with Gasteiger partial charge in [0.1, 0.15) is 12.3 Å². The van der Waals surface area contributed by atoms with Gasteiger partial charge in [-0.05, 0) is 31.0 Å². The minimum absolute atomic E-state index is 0.263. The number of amidine groups is 1. The van der Waals surface area contributed by atoms with E-state index in [0.29, 0.717) is 35.6 Å². The summed E-state index contributed by atoms with van der Waals surface area (Å²) in [5.74, 6) is 1.04. The summed E-state index contributed by atoms with van der Waals surface area (Å²) in [7, 11) is 3.30. The molecule has 9 heteroatoms. The first-order valence-corrected chi connectivity index (χ1v) is 9.95. The molecule has 1 aliphatic heterocycles. The fourth-order valence-electron chi connectivity index (χ4n) is 2.98. The van der Waals surface area contributed by atoms with Crippen molar-refractivity contribution in [3.63, 3.8) is 0 Å². The molecule has 1 amide bonds. The molecule has 0 fully saturated rings. The Kier molecular flexibility index (Phi) is 6.25. The topological polar surface area (TPSA) is 104 Å². The number of amides is 1. The number of benzene rings is 1. The van der Waals surface area contributed by atoms with E-state index in [4.69, 9.17) is 15.2 Å². The Morgan fingerprint density at radius 1 is 1.39 bits per heavy atom. The quantitative estimate of drug-likeness (QED) is 0.688. The number of aliphatic imine (C=N–C) groups is 1. The molecule has 2 heterocycles. The predicted octanol–water partition coefficient (Wildman–Crippen LogP) is 2.36. The fraction of sp³-hybridized carbons (Fsp3) is 0.421. The second kappa shape index (κ2) is 8.66. The van der Waals surface area contributed by atoms with Gasteiger partial charge in [-0.25, -0.2) is 0 Å². The summed E-state index contributed by atoms with van der Waals surface area (Å²) in [5, 5.41) is 7.72. The number of thioether (sulfide) groups is 1. The molecule has 0 aliphatic carbocycles. The molecule has 0 saturated heterocycles. The van der Waals surface area contributed by atoms with E-state index in [1.54, 1.807) is 32.0 Å². The number of rotatable bonds is 7. The van der Waals surface area contributed by atoms with E-state index in [9.17, 15) is 4.79 Å². The molecule has 0 radical (unpaired) electrons. The molecule has 1 aliphatic rings. The summed E-state index contributed by atoms with van der Waals surface area (Å²) < 4.78 is 11.9. The van der Waals surface area contributed by atoms with Gasteiger partial charge in [-0.15, -0.1) is 5.10 Å². The summed E-state index contributed by atoms with van der Waals surface area (Å²) in [4.78, 5) is 17.3. The summed E-state index contributed by atoms with van der Waals surface area (Å²) in [5.41, 5.74) is 7.65. The van der Waals surface area contributed by atoms with Crippen molar-refractivity contribution in [2.75, 3.05) is 31.4 Å². The molecule has 28 heavy (non-hydrogen) atoms. The van der Waals surface area contributed by atoms with E-state index < -0.39 is 0 Å². The van der Waals surface area contributed by atoms with E-state index in [1.165, 1.54) is 4.68 Å². The van der Waals surface area contributed by atoms with Crippen LogP contribution in [-0.4, -0.2) is 46.9 Å². The third-order valence-corrected chi connectivity index (χ3v) is 5.36. The number of nitrogens with one attached hydrogen (secondary N) is 1. The lowest BCUT2D eigenvalue weighted by Crippen LogP contribution is -2.28. The van der Waals surface area contributed by atoms with Gasteiger partial charge in [0, 0.05) is 31.7 Å². The van der Waals surface area contributed by atoms with Gasteiger partial charge in [0.2, 0.25) is 5.88 Å². The number of carbonyl (C=O) groups is 1. The maximum absolute atomic E-state index is 12.7. The lowest BCUT2D eigenvalue weighted by molar-refractivity contribution is 0.101.